The van der Waals surface area contributed by atoms with Crippen molar-refractivity contribution in [3.8, 4) is 0 Å². The van der Waals surface area contributed by atoms with E-state index in [1.54, 1.807) is 20.2 Å². The number of amides is 1. The predicted octanol–water partition coefficient (Wildman–Crippen LogP) is 4.37. The lowest BCUT2D eigenvalue weighted by molar-refractivity contribution is -0.153. The summed E-state index contributed by atoms with van der Waals surface area (Å²) in [7, 11) is 1.35. The predicted molar refractivity (Wildman–Crippen MR) is 115 cm³/mol. The van der Waals surface area contributed by atoms with E-state index in [-0.39, 0.29) is 5.91 Å². The van der Waals surface area contributed by atoms with Gasteiger partial charge in [0.25, 0.3) is 5.91 Å². The molecule has 6 heteroatoms. The third-order valence-electron chi connectivity index (χ3n) is 5.47. The first-order valence-electron chi connectivity index (χ1n) is 10.2. The molecule has 3 atom stereocenters. The molecule has 5 nitrogen and oxygen atoms in total. The van der Waals surface area contributed by atoms with Crippen LogP contribution >= 0.6 is 0 Å². The molecule has 0 aromatic heterocycles. The fourth-order valence-electron chi connectivity index (χ4n) is 4.12. The number of rotatable bonds is 13. The molecular formula is C21H43NO4Si. The van der Waals surface area contributed by atoms with Crippen LogP contribution in [-0.2, 0) is 14.0 Å². The van der Waals surface area contributed by atoms with Crippen molar-refractivity contribution in [1.29, 1.82) is 0 Å². The van der Waals surface area contributed by atoms with E-state index in [9.17, 15) is 9.90 Å². The SMILES string of the molecule is C=CC[C@H](O)[C@H](CO[Si](C(C)C)(C(C)C)C(C)C)O[C@H](CC)C(=O)N(C)C. The summed E-state index contributed by atoms with van der Waals surface area (Å²) in [6.45, 7) is 19.3. The lowest BCUT2D eigenvalue weighted by Gasteiger charge is -2.43. The van der Waals surface area contributed by atoms with Gasteiger partial charge in [-0.1, -0.05) is 54.5 Å². The monoisotopic (exact) mass is 401 g/mol. The number of likely N-dealkylation sites (N-methyl/N-ethyl adjacent to an activating group) is 1. The van der Waals surface area contributed by atoms with E-state index in [4.69, 9.17) is 9.16 Å². The molecule has 0 aromatic carbocycles. The van der Waals surface area contributed by atoms with Gasteiger partial charge in [-0.2, -0.15) is 0 Å². The summed E-state index contributed by atoms with van der Waals surface area (Å²) >= 11 is 0. The Morgan fingerprint density at radius 3 is 1.93 bits per heavy atom. The standard InChI is InChI=1S/C21H43NO4Si/c1-11-13-18(23)20(26-19(12-2)21(24)22(9)10)14-25-27(15(3)4,16(5)6)17(7)8/h11,15-20,23H,1,12-14H2,2-10H3/t18-,19+,20-/m0/s1. The number of hydrogen-bond donors (Lipinski definition) is 1. The lowest BCUT2D eigenvalue weighted by atomic mass is 10.1. The van der Waals surface area contributed by atoms with Crippen molar-refractivity contribution in [1.82, 2.24) is 4.90 Å². The first kappa shape index (κ1) is 26.3. The van der Waals surface area contributed by atoms with Crippen LogP contribution in [0.1, 0.15) is 61.3 Å². The van der Waals surface area contributed by atoms with Crippen molar-refractivity contribution < 1.29 is 19.1 Å². The Balaban J connectivity index is 5.53. The fourth-order valence-corrected chi connectivity index (χ4v) is 9.57. The minimum absolute atomic E-state index is 0.0895. The highest BCUT2D eigenvalue weighted by Gasteiger charge is 2.46. The third kappa shape index (κ3) is 7.00. The van der Waals surface area contributed by atoms with Crippen molar-refractivity contribution >= 4 is 14.2 Å². The molecule has 0 rings (SSSR count). The molecule has 0 unspecified atom stereocenters. The highest BCUT2D eigenvalue weighted by Crippen LogP contribution is 2.42. The van der Waals surface area contributed by atoms with Crippen LogP contribution in [0.25, 0.3) is 0 Å². The normalized spacial score (nSPS) is 15.9. The maximum absolute atomic E-state index is 12.4. The van der Waals surface area contributed by atoms with E-state index >= 15 is 0 Å². The number of hydrogen-bond acceptors (Lipinski definition) is 4. The molecule has 0 aromatic rings. The Morgan fingerprint density at radius 1 is 1.11 bits per heavy atom. The average Bonchev–Trinajstić information content (AvgIpc) is 2.56. The van der Waals surface area contributed by atoms with Gasteiger partial charge in [0.2, 0.25) is 0 Å². The Labute approximate surface area is 168 Å². The van der Waals surface area contributed by atoms with Gasteiger partial charge in [-0.25, -0.2) is 0 Å². The molecule has 0 radical (unpaired) electrons. The summed E-state index contributed by atoms with van der Waals surface area (Å²) in [5.41, 5.74) is 1.33. The second kappa shape index (κ2) is 12.0. The highest BCUT2D eigenvalue weighted by atomic mass is 28.4. The first-order chi connectivity index (χ1) is 12.4. The summed E-state index contributed by atoms with van der Waals surface area (Å²) in [5, 5.41) is 10.6. The second-order valence-corrected chi connectivity index (χ2v) is 14.0. The Bertz CT molecular complexity index is 430. The van der Waals surface area contributed by atoms with Crippen LogP contribution in [0.15, 0.2) is 12.7 Å². The van der Waals surface area contributed by atoms with E-state index in [1.165, 1.54) is 4.90 Å². The molecule has 0 spiro atoms. The van der Waals surface area contributed by atoms with Gasteiger partial charge in [0.1, 0.15) is 12.2 Å². The van der Waals surface area contributed by atoms with Gasteiger partial charge in [0.15, 0.2) is 8.32 Å². The minimum atomic E-state index is -2.08. The van der Waals surface area contributed by atoms with Crippen molar-refractivity contribution in [2.75, 3.05) is 20.7 Å². The highest BCUT2D eigenvalue weighted by molar-refractivity contribution is 6.77. The second-order valence-electron chi connectivity index (χ2n) is 8.52. The van der Waals surface area contributed by atoms with Crippen LogP contribution in [0.5, 0.6) is 0 Å². The zero-order valence-corrected chi connectivity index (χ0v) is 20.0. The number of ether oxygens (including phenoxy) is 1. The largest absolute Gasteiger partial charge is 0.413 e. The van der Waals surface area contributed by atoms with E-state index < -0.39 is 26.6 Å². The van der Waals surface area contributed by atoms with Crippen molar-refractivity contribution in [2.45, 2.75) is 96.2 Å². The zero-order valence-electron chi connectivity index (χ0n) is 19.0. The summed E-state index contributed by atoms with van der Waals surface area (Å²) < 4.78 is 12.7. The summed E-state index contributed by atoms with van der Waals surface area (Å²) in [4.78, 5) is 13.9. The van der Waals surface area contributed by atoms with Crippen LogP contribution in [-0.4, -0.2) is 63.2 Å². The molecule has 0 heterocycles. The Hall–Kier alpha value is -0.693. The number of carbonyl (C=O) groups excluding carboxylic acids is 1. The number of nitrogens with zero attached hydrogens (tertiary/aromatic N) is 1. The smallest absolute Gasteiger partial charge is 0.251 e. The van der Waals surface area contributed by atoms with Gasteiger partial charge >= 0.3 is 0 Å². The van der Waals surface area contributed by atoms with Crippen LogP contribution in [0, 0.1) is 0 Å². The van der Waals surface area contributed by atoms with Gasteiger partial charge in [-0.3, -0.25) is 4.79 Å². The molecule has 0 saturated heterocycles. The molecule has 0 aliphatic rings. The van der Waals surface area contributed by atoms with Crippen molar-refractivity contribution in [3.63, 3.8) is 0 Å². The quantitative estimate of drug-likeness (QED) is 0.368. The summed E-state index contributed by atoms with van der Waals surface area (Å²) in [6.07, 6.45) is 0.745. The van der Waals surface area contributed by atoms with Crippen molar-refractivity contribution in [3.05, 3.63) is 12.7 Å². The summed E-state index contributed by atoms with van der Waals surface area (Å²) in [6, 6.07) is 0. The summed E-state index contributed by atoms with van der Waals surface area (Å²) in [5.74, 6) is -0.0895. The van der Waals surface area contributed by atoms with Gasteiger partial charge in [-0.05, 0) is 29.5 Å². The average molecular weight is 402 g/mol. The first-order valence-corrected chi connectivity index (χ1v) is 12.4. The zero-order chi connectivity index (χ0) is 21.4. The maximum Gasteiger partial charge on any atom is 0.251 e. The van der Waals surface area contributed by atoms with E-state index in [0.29, 0.717) is 36.1 Å². The third-order valence-corrected chi connectivity index (χ3v) is 11.5. The Kier molecular flexibility index (Phi) is 11.7. The van der Waals surface area contributed by atoms with Gasteiger partial charge in [0, 0.05) is 14.1 Å². The molecule has 27 heavy (non-hydrogen) atoms. The molecule has 0 fully saturated rings. The van der Waals surface area contributed by atoms with Gasteiger partial charge < -0.3 is 19.2 Å². The number of aliphatic hydroxyl groups is 1. The van der Waals surface area contributed by atoms with E-state index in [2.05, 4.69) is 48.1 Å². The van der Waals surface area contributed by atoms with Crippen LogP contribution in [0.4, 0.5) is 0 Å². The molecule has 160 valence electrons. The van der Waals surface area contributed by atoms with E-state index in [1.807, 2.05) is 6.92 Å². The minimum Gasteiger partial charge on any atom is -0.413 e. The van der Waals surface area contributed by atoms with Gasteiger partial charge in [-0.15, -0.1) is 6.58 Å². The van der Waals surface area contributed by atoms with Crippen molar-refractivity contribution in [2.24, 2.45) is 0 Å². The van der Waals surface area contributed by atoms with Gasteiger partial charge in [0.05, 0.1) is 12.7 Å². The Morgan fingerprint density at radius 2 is 1.59 bits per heavy atom. The molecule has 0 aliphatic heterocycles. The fraction of sp³-hybridized carbons (Fsp3) is 0.857. The lowest BCUT2D eigenvalue weighted by Crippen LogP contribution is -2.51. The van der Waals surface area contributed by atoms with E-state index in [0.717, 1.165) is 0 Å². The molecule has 1 N–H and O–H groups in total. The molecule has 0 aliphatic carbocycles. The molecule has 1 amide bonds. The molecule has 0 saturated carbocycles. The van der Waals surface area contributed by atoms with Crippen LogP contribution in [0.2, 0.25) is 16.6 Å². The molecular weight excluding hydrogens is 358 g/mol. The topological polar surface area (TPSA) is 59.0 Å². The molecule has 0 bridgehead atoms. The number of carbonyl (C=O) groups is 1. The number of aliphatic hydroxyl groups excluding tert-OH is 1. The van der Waals surface area contributed by atoms with Crippen LogP contribution in [0.3, 0.4) is 0 Å². The maximum atomic E-state index is 12.4. The van der Waals surface area contributed by atoms with Crippen LogP contribution < -0.4 is 0 Å².